The number of nitrogens with one attached hydrogen (secondary N) is 2. The standard InChI is InChI=1S/C18H22N4O4/c1-2-25-13-7-5-12(6-8-13)17-21-16(26-22-17)10-9-15(23)20-14-4-3-11-19-18(14)24/h5-8,14H,2-4,9-11H2,1H3,(H,19,24)(H,20,23). The normalized spacial score (nSPS) is 16.8. The van der Waals surface area contributed by atoms with Gasteiger partial charge in [0, 0.05) is 24.9 Å². The van der Waals surface area contributed by atoms with E-state index in [1.54, 1.807) is 0 Å². The van der Waals surface area contributed by atoms with Crippen LogP contribution in [0, 0.1) is 0 Å². The third-order valence-corrected chi connectivity index (χ3v) is 4.08. The summed E-state index contributed by atoms with van der Waals surface area (Å²) in [6.07, 6.45) is 2.05. The van der Waals surface area contributed by atoms with Crippen LogP contribution in [0.15, 0.2) is 28.8 Å². The summed E-state index contributed by atoms with van der Waals surface area (Å²) >= 11 is 0. The van der Waals surface area contributed by atoms with E-state index in [4.69, 9.17) is 9.26 Å². The Bertz CT molecular complexity index is 757. The molecule has 1 aromatic carbocycles. The molecule has 26 heavy (non-hydrogen) atoms. The predicted molar refractivity (Wildman–Crippen MR) is 93.4 cm³/mol. The summed E-state index contributed by atoms with van der Waals surface area (Å²) in [6, 6.07) is 6.95. The fourth-order valence-corrected chi connectivity index (χ4v) is 2.74. The Labute approximate surface area is 151 Å². The SMILES string of the molecule is CCOc1ccc(-c2noc(CCC(=O)NC3CCCNC3=O)n2)cc1. The first-order valence-corrected chi connectivity index (χ1v) is 8.78. The highest BCUT2D eigenvalue weighted by Gasteiger charge is 2.23. The lowest BCUT2D eigenvalue weighted by Gasteiger charge is -2.22. The average molecular weight is 358 g/mol. The number of benzene rings is 1. The van der Waals surface area contributed by atoms with E-state index in [2.05, 4.69) is 20.8 Å². The van der Waals surface area contributed by atoms with Gasteiger partial charge < -0.3 is 19.9 Å². The van der Waals surface area contributed by atoms with Crippen molar-refractivity contribution in [3.8, 4) is 17.1 Å². The molecule has 2 N–H and O–H groups in total. The minimum atomic E-state index is -0.446. The summed E-state index contributed by atoms with van der Waals surface area (Å²) in [6.45, 7) is 3.20. The van der Waals surface area contributed by atoms with Crippen molar-refractivity contribution in [1.29, 1.82) is 0 Å². The van der Waals surface area contributed by atoms with Crippen LogP contribution in [0.3, 0.4) is 0 Å². The van der Waals surface area contributed by atoms with E-state index >= 15 is 0 Å². The minimum absolute atomic E-state index is 0.125. The maximum Gasteiger partial charge on any atom is 0.242 e. The van der Waals surface area contributed by atoms with Crippen LogP contribution in [-0.4, -0.2) is 41.1 Å². The van der Waals surface area contributed by atoms with Crippen LogP contribution in [0.25, 0.3) is 11.4 Å². The Morgan fingerprint density at radius 3 is 2.92 bits per heavy atom. The van der Waals surface area contributed by atoms with E-state index in [0.29, 0.717) is 37.7 Å². The number of carbonyl (C=O) groups is 2. The quantitative estimate of drug-likeness (QED) is 0.776. The van der Waals surface area contributed by atoms with Gasteiger partial charge in [0.05, 0.1) is 6.61 Å². The molecule has 0 aliphatic carbocycles. The van der Waals surface area contributed by atoms with Crippen LogP contribution in [-0.2, 0) is 16.0 Å². The molecule has 1 fully saturated rings. The molecule has 1 atom stereocenters. The van der Waals surface area contributed by atoms with Crippen molar-refractivity contribution in [2.24, 2.45) is 0 Å². The smallest absolute Gasteiger partial charge is 0.242 e. The molecule has 0 saturated carbocycles. The lowest BCUT2D eigenvalue weighted by molar-refractivity contribution is -0.130. The van der Waals surface area contributed by atoms with E-state index in [1.807, 2.05) is 31.2 Å². The van der Waals surface area contributed by atoms with Gasteiger partial charge in [0.2, 0.25) is 23.5 Å². The first-order valence-electron chi connectivity index (χ1n) is 8.78. The summed E-state index contributed by atoms with van der Waals surface area (Å²) in [4.78, 5) is 28.0. The number of amides is 2. The molecule has 2 amide bonds. The topological polar surface area (TPSA) is 106 Å². The number of aromatic nitrogens is 2. The van der Waals surface area contributed by atoms with E-state index in [-0.39, 0.29) is 18.2 Å². The second kappa shape index (κ2) is 8.46. The molecular weight excluding hydrogens is 336 g/mol. The molecule has 138 valence electrons. The fourth-order valence-electron chi connectivity index (χ4n) is 2.74. The van der Waals surface area contributed by atoms with Gasteiger partial charge in [-0.3, -0.25) is 9.59 Å². The molecule has 2 aromatic rings. The molecule has 1 aliphatic heterocycles. The van der Waals surface area contributed by atoms with Gasteiger partial charge in [-0.15, -0.1) is 0 Å². The van der Waals surface area contributed by atoms with Gasteiger partial charge in [-0.2, -0.15) is 4.98 Å². The highest BCUT2D eigenvalue weighted by Crippen LogP contribution is 2.20. The van der Waals surface area contributed by atoms with Crippen molar-refractivity contribution in [2.45, 2.75) is 38.6 Å². The van der Waals surface area contributed by atoms with Crippen molar-refractivity contribution >= 4 is 11.8 Å². The number of hydrogen-bond donors (Lipinski definition) is 2. The molecule has 1 saturated heterocycles. The molecule has 1 aliphatic rings. The zero-order valence-corrected chi connectivity index (χ0v) is 14.7. The zero-order valence-electron chi connectivity index (χ0n) is 14.7. The lowest BCUT2D eigenvalue weighted by atomic mass is 10.1. The summed E-state index contributed by atoms with van der Waals surface area (Å²) in [5.41, 5.74) is 0.812. The van der Waals surface area contributed by atoms with Crippen molar-refractivity contribution < 1.29 is 18.8 Å². The highest BCUT2D eigenvalue weighted by molar-refractivity contribution is 5.88. The Morgan fingerprint density at radius 2 is 2.19 bits per heavy atom. The van der Waals surface area contributed by atoms with Crippen LogP contribution >= 0.6 is 0 Å². The molecule has 0 radical (unpaired) electrons. The fraction of sp³-hybridized carbons (Fsp3) is 0.444. The minimum Gasteiger partial charge on any atom is -0.494 e. The number of nitrogens with zero attached hydrogens (tertiary/aromatic N) is 2. The molecule has 0 spiro atoms. The van der Waals surface area contributed by atoms with Crippen LogP contribution in [0.4, 0.5) is 0 Å². The van der Waals surface area contributed by atoms with Gasteiger partial charge >= 0.3 is 0 Å². The highest BCUT2D eigenvalue weighted by atomic mass is 16.5. The van der Waals surface area contributed by atoms with Gasteiger partial charge in [0.15, 0.2) is 0 Å². The van der Waals surface area contributed by atoms with Gasteiger partial charge in [-0.1, -0.05) is 5.16 Å². The van der Waals surface area contributed by atoms with Crippen molar-refractivity contribution in [1.82, 2.24) is 20.8 Å². The summed E-state index contributed by atoms with van der Waals surface area (Å²) in [7, 11) is 0. The largest absolute Gasteiger partial charge is 0.494 e. The second-order valence-corrected chi connectivity index (χ2v) is 6.02. The third-order valence-electron chi connectivity index (χ3n) is 4.08. The third kappa shape index (κ3) is 4.59. The number of aryl methyl sites for hydroxylation is 1. The average Bonchev–Trinajstić information content (AvgIpc) is 3.12. The lowest BCUT2D eigenvalue weighted by Crippen LogP contribution is -2.50. The van der Waals surface area contributed by atoms with Crippen molar-refractivity contribution in [3.05, 3.63) is 30.2 Å². The molecule has 1 unspecified atom stereocenters. The maximum atomic E-state index is 12.0. The Morgan fingerprint density at radius 1 is 1.38 bits per heavy atom. The molecule has 3 rings (SSSR count). The van der Waals surface area contributed by atoms with Crippen LogP contribution in [0.1, 0.15) is 32.1 Å². The Balaban J connectivity index is 1.51. The van der Waals surface area contributed by atoms with Crippen LogP contribution < -0.4 is 15.4 Å². The second-order valence-electron chi connectivity index (χ2n) is 6.02. The monoisotopic (exact) mass is 358 g/mol. The van der Waals surface area contributed by atoms with Gasteiger partial charge in [0.25, 0.3) is 0 Å². The number of carbonyl (C=O) groups excluding carboxylic acids is 2. The van der Waals surface area contributed by atoms with Gasteiger partial charge in [-0.25, -0.2) is 0 Å². The molecule has 2 heterocycles. The number of ether oxygens (including phenoxy) is 1. The van der Waals surface area contributed by atoms with Gasteiger partial charge in [-0.05, 0) is 44.0 Å². The van der Waals surface area contributed by atoms with Crippen LogP contribution in [0.5, 0.6) is 5.75 Å². The summed E-state index contributed by atoms with van der Waals surface area (Å²) in [5, 5.41) is 9.43. The maximum absolute atomic E-state index is 12.0. The van der Waals surface area contributed by atoms with E-state index in [9.17, 15) is 9.59 Å². The first kappa shape index (κ1) is 17.9. The Hall–Kier alpha value is -2.90. The van der Waals surface area contributed by atoms with E-state index in [0.717, 1.165) is 17.7 Å². The molecule has 1 aromatic heterocycles. The van der Waals surface area contributed by atoms with E-state index in [1.165, 1.54) is 0 Å². The predicted octanol–water partition coefficient (Wildman–Crippen LogP) is 1.46. The molecule has 0 bridgehead atoms. The summed E-state index contributed by atoms with van der Waals surface area (Å²) in [5.74, 6) is 1.31. The van der Waals surface area contributed by atoms with Gasteiger partial charge in [0.1, 0.15) is 11.8 Å². The molecule has 8 nitrogen and oxygen atoms in total. The molecule has 8 heteroatoms. The zero-order chi connectivity index (χ0) is 18.4. The number of hydrogen-bond acceptors (Lipinski definition) is 6. The number of rotatable bonds is 7. The number of piperidine rings is 1. The summed E-state index contributed by atoms with van der Waals surface area (Å²) < 4.78 is 10.6. The van der Waals surface area contributed by atoms with E-state index < -0.39 is 6.04 Å². The molecular formula is C18H22N4O4. The van der Waals surface area contributed by atoms with Crippen molar-refractivity contribution in [3.63, 3.8) is 0 Å². The van der Waals surface area contributed by atoms with Crippen LogP contribution in [0.2, 0.25) is 0 Å². The van der Waals surface area contributed by atoms with Crippen molar-refractivity contribution in [2.75, 3.05) is 13.2 Å². The first-order chi connectivity index (χ1) is 12.7. The Kier molecular flexibility index (Phi) is 5.83.